The molecule has 4 nitrogen and oxygen atoms in total. The van der Waals surface area contributed by atoms with Crippen LogP contribution >= 0.6 is 11.9 Å². The molecule has 0 atom stereocenters. The number of hydrogen-bond donors (Lipinski definition) is 2. The maximum Gasteiger partial charge on any atom is 0.360 e. The minimum absolute atomic E-state index is 0.0590. The molecule has 1 aromatic rings. The average Bonchev–Trinajstić information content (AvgIpc) is 2.88. The van der Waals surface area contributed by atoms with Gasteiger partial charge in [0.05, 0.1) is 0 Å². The Morgan fingerprint density at radius 3 is 1.33 bits per heavy atom. The number of hydrogen-bond acceptors (Lipinski definition) is 4. The first kappa shape index (κ1) is 32.6. The highest BCUT2D eigenvalue weighted by Crippen LogP contribution is 2.41. The molecule has 0 amide bonds. The smallest absolute Gasteiger partial charge is 0.360 e. The van der Waals surface area contributed by atoms with Gasteiger partial charge in [0.2, 0.25) is 0 Å². The monoisotopic (exact) mass is 524 g/mol. The number of aromatic hydroxyl groups is 2. The lowest BCUT2D eigenvalue weighted by Crippen LogP contribution is -2.12. The van der Waals surface area contributed by atoms with Gasteiger partial charge < -0.3 is 14.5 Å². The third-order valence-electron chi connectivity index (χ3n) is 7.39. The van der Waals surface area contributed by atoms with Gasteiger partial charge in [0.1, 0.15) is 17.4 Å². The summed E-state index contributed by atoms with van der Waals surface area (Å²) in [6, 6.07) is 0. The van der Waals surface area contributed by atoms with Crippen molar-refractivity contribution in [3.63, 3.8) is 0 Å². The van der Waals surface area contributed by atoms with Crippen LogP contribution in [0.25, 0.3) is 0 Å². The van der Waals surface area contributed by atoms with Gasteiger partial charge in [-0.1, -0.05) is 117 Å². The topological polar surface area (TPSA) is 66.8 Å². The van der Waals surface area contributed by atoms with Crippen molar-refractivity contribution < 1.29 is 19.3 Å². The predicted octanol–water partition coefficient (Wildman–Crippen LogP) is 10.1. The summed E-state index contributed by atoms with van der Waals surface area (Å²) >= 11 is 5.47. The minimum atomic E-state index is -0.777. The van der Waals surface area contributed by atoms with E-state index in [0.717, 1.165) is 68.1 Å². The summed E-state index contributed by atoms with van der Waals surface area (Å²) in [5.41, 5.74) is 2.76. The van der Waals surface area contributed by atoms with Crippen molar-refractivity contribution in [1.29, 1.82) is 0 Å². The third kappa shape index (κ3) is 11.8. The Morgan fingerprint density at radius 2 is 0.917 bits per heavy atom. The summed E-state index contributed by atoms with van der Waals surface area (Å²) in [6.45, 7) is 6.65. The van der Waals surface area contributed by atoms with E-state index in [1.54, 1.807) is 0 Å². The van der Waals surface area contributed by atoms with E-state index in [9.17, 15) is 15.0 Å². The molecule has 0 bridgehead atoms. The number of phenolic OH excluding ortho intramolecular Hbond substituents is 2. The van der Waals surface area contributed by atoms with Crippen molar-refractivity contribution in [2.45, 2.75) is 156 Å². The Hall–Kier alpha value is -1.42. The van der Waals surface area contributed by atoms with Gasteiger partial charge >= 0.3 is 5.97 Å². The summed E-state index contributed by atoms with van der Waals surface area (Å²) in [5.74, 6) is -1.30. The zero-order chi connectivity index (χ0) is 26.6. The second kappa shape index (κ2) is 20.6. The van der Waals surface area contributed by atoms with Gasteiger partial charge in [-0.25, -0.2) is 4.79 Å². The van der Waals surface area contributed by atoms with Crippen LogP contribution in [0.15, 0.2) is 0 Å². The Balaban J connectivity index is 3.17. The van der Waals surface area contributed by atoms with E-state index in [4.69, 9.17) is 11.9 Å². The van der Waals surface area contributed by atoms with Crippen molar-refractivity contribution in [3.8, 4) is 11.5 Å². The molecule has 0 radical (unpaired) electrons. The quantitative estimate of drug-likeness (QED) is 0.117. The molecule has 1 rings (SSSR count). The molecule has 0 saturated heterocycles. The Labute approximate surface area is 226 Å². The van der Waals surface area contributed by atoms with Gasteiger partial charge in [0, 0.05) is 5.56 Å². The Bertz CT molecular complexity index is 732. The first-order valence-electron chi connectivity index (χ1n) is 14.9. The molecule has 0 aliphatic heterocycles. The van der Waals surface area contributed by atoms with Crippen LogP contribution in [0.3, 0.4) is 0 Å². The zero-order valence-corrected chi connectivity index (χ0v) is 24.2. The lowest BCUT2D eigenvalue weighted by molar-refractivity contribution is 0.0746. The number of benzene rings is 1. The maximum atomic E-state index is 12.6. The van der Waals surface area contributed by atoms with Crippen molar-refractivity contribution in [2.75, 3.05) is 0 Å². The molecule has 0 aromatic heterocycles. The lowest BCUT2D eigenvalue weighted by atomic mass is 9.85. The van der Waals surface area contributed by atoms with Crippen LogP contribution in [0.4, 0.5) is 0 Å². The standard InChI is InChI=1S/C31H53ClO4/c1-4-7-10-13-16-19-22-25-26(23-20-17-14-11-8-5-2)28(31(35)36-32)30(34)29(33)27(25)24-21-18-15-12-9-6-3/h33-34H,4-24H2,1-3H3. The second-order valence-corrected chi connectivity index (χ2v) is 10.6. The third-order valence-corrected chi connectivity index (χ3v) is 7.53. The summed E-state index contributed by atoms with van der Waals surface area (Å²) in [7, 11) is 0. The molecule has 0 fully saturated rings. The van der Waals surface area contributed by atoms with Gasteiger partial charge in [-0.15, -0.1) is 0 Å². The number of carbonyl (C=O) groups is 1. The molecule has 0 saturated carbocycles. The van der Waals surface area contributed by atoms with E-state index in [1.807, 2.05) is 0 Å². The molecule has 0 unspecified atom stereocenters. The minimum Gasteiger partial charge on any atom is -0.504 e. The molecule has 5 heteroatoms. The van der Waals surface area contributed by atoms with Gasteiger partial charge in [-0.2, -0.15) is 0 Å². The molecular weight excluding hydrogens is 472 g/mol. The van der Waals surface area contributed by atoms with E-state index in [2.05, 4.69) is 25.1 Å². The molecular formula is C31H53ClO4. The normalized spacial score (nSPS) is 11.2. The van der Waals surface area contributed by atoms with E-state index in [0.29, 0.717) is 6.42 Å². The molecule has 208 valence electrons. The van der Waals surface area contributed by atoms with Crippen LogP contribution in [0.2, 0.25) is 0 Å². The van der Waals surface area contributed by atoms with Gasteiger partial charge in [0.15, 0.2) is 11.5 Å². The fourth-order valence-electron chi connectivity index (χ4n) is 5.23. The molecule has 0 heterocycles. The highest BCUT2D eigenvalue weighted by Gasteiger charge is 2.27. The van der Waals surface area contributed by atoms with E-state index >= 15 is 0 Å². The van der Waals surface area contributed by atoms with Crippen LogP contribution in [-0.4, -0.2) is 16.2 Å². The highest BCUT2D eigenvalue weighted by molar-refractivity contribution is 6.16. The maximum absolute atomic E-state index is 12.6. The first-order valence-corrected chi connectivity index (χ1v) is 15.3. The van der Waals surface area contributed by atoms with Gasteiger partial charge in [-0.3, -0.25) is 0 Å². The number of unbranched alkanes of at least 4 members (excludes halogenated alkanes) is 15. The highest BCUT2D eigenvalue weighted by atomic mass is 35.5. The van der Waals surface area contributed by atoms with Crippen molar-refractivity contribution in [2.24, 2.45) is 0 Å². The van der Waals surface area contributed by atoms with Crippen molar-refractivity contribution >= 4 is 17.8 Å². The van der Waals surface area contributed by atoms with Crippen molar-refractivity contribution in [1.82, 2.24) is 0 Å². The average molecular weight is 525 g/mol. The van der Waals surface area contributed by atoms with Crippen LogP contribution in [-0.2, 0) is 23.6 Å². The second-order valence-electron chi connectivity index (χ2n) is 10.4. The summed E-state index contributed by atoms with van der Waals surface area (Å²) in [4.78, 5) is 12.6. The Morgan fingerprint density at radius 1 is 0.556 bits per heavy atom. The van der Waals surface area contributed by atoms with Crippen molar-refractivity contribution in [3.05, 3.63) is 22.3 Å². The number of rotatable bonds is 22. The van der Waals surface area contributed by atoms with E-state index in [-0.39, 0.29) is 17.1 Å². The molecule has 2 N–H and O–H groups in total. The number of halogens is 1. The fourth-order valence-corrected chi connectivity index (χ4v) is 5.31. The fraction of sp³-hybridized carbons (Fsp3) is 0.774. The summed E-state index contributed by atoms with van der Waals surface area (Å²) in [6.07, 6.45) is 23.1. The van der Waals surface area contributed by atoms with Gasteiger partial charge in [-0.05, 0) is 49.7 Å². The molecule has 0 aliphatic carbocycles. The van der Waals surface area contributed by atoms with Crippen LogP contribution in [0, 0.1) is 0 Å². The van der Waals surface area contributed by atoms with E-state index in [1.165, 1.54) is 77.0 Å². The SMILES string of the molecule is CCCCCCCCc1c(O)c(O)c(C(=O)OCl)c(CCCCCCCC)c1CCCCCCCC. The van der Waals surface area contributed by atoms with Gasteiger partial charge in [0.25, 0.3) is 0 Å². The summed E-state index contributed by atoms with van der Waals surface area (Å²) < 4.78 is 4.54. The molecule has 1 aromatic carbocycles. The number of phenols is 2. The predicted molar refractivity (Wildman–Crippen MR) is 152 cm³/mol. The Kier molecular flexibility index (Phi) is 18.7. The largest absolute Gasteiger partial charge is 0.504 e. The summed E-state index contributed by atoms with van der Waals surface area (Å²) in [5, 5.41) is 21.9. The molecule has 36 heavy (non-hydrogen) atoms. The lowest BCUT2D eigenvalue weighted by Gasteiger charge is -2.21. The first-order chi connectivity index (χ1) is 17.5. The zero-order valence-electron chi connectivity index (χ0n) is 23.4. The van der Waals surface area contributed by atoms with Crippen LogP contribution < -0.4 is 0 Å². The van der Waals surface area contributed by atoms with E-state index < -0.39 is 5.97 Å². The number of carbonyl (C=O) groups excluding carboxylic acids is 1. The molecule has 0 aliphatic rings. The van der Waals surface area contributed by atoms with Crippen LogP contribution in [0.1, 0.15) is 163 Å². The molecule has 0 spiro atoms. The van der Waals surface area contributed by atoms with Crippen LogP contribution in [0.5, 0.6) is 11.5 Å².